The highest BCUT2D eigenvalue weighted by molar-refractivity contribution is 6.07. The largest absolute Gasteiger partial charge is 0.506 e. The number of carbonyl (C=O) groups excluding carboxylic acids is 3. The first-order valence-electron chi connectivity index (χ1n) is 10.2. The van der Waals surface area contributed by atoms with Crippen molar-refractivity contribution in [3.05, 3.63) is 72.3 Å². The van der Waals surface area contributed by atoms with Crippen molar-refractivity contribution in [2.24, 2.45) is 23.7 Å². The Hall–Kier alpha value is -3.41. The monoisotopic (exact) mass is 402 g/mol. The molecule has 1 saturated heterocycles. The van der Waals surface area contributed by atoms with E-state index in [-0.39, 0.29) is 53.6 Å². The van der Waals surface area contributed by atoms with Crippen molar-refractivity contribution in [2.45, 2.75) is 18.9 Å². The molecule has 5 atom stereocenters. The number of hydrogen-bond acceptors (Lipinski definition) is 4. The molecule has 5 rings (SSSR count). The fourth-order valence-electron chi connectivity index (χ4n) is 5.22. The Morgan fingerprint density at radius 2 is 1.57 bits per heavy atom. The van der Waals surface area contributed by atoms with Gasteiger partial charge < -0.3 is 10.4 Å². The third-order valence-electron chi connectivity index (χ3n) is 6.56. The van der Waals surface area contributed by atoms with Gasteiger partial charge in [-0.2, -0.15) is 0 Å². The van der Waals surface area contributed by atoms with Gasteiger partial charge in [-0.3, -0.25) is 19.3 Å². The van der Waals surface area contributed by atoms with E-state index in [1.165, 1.54) is 11.0 Å². The molecule has 1 heterocycles. The van der Waals surface area contributed by atoms with Crippen LogP contribution in [0, 0.1) is 23.7 Å². The van der Waals surface area contributed by atoms with Gasteiger partial charge in [-0.25, -0.2) is 0 Å². The summed E-state index contributed by atoms with van der Waals surface area (Å²) in [6.07, 6.45) is 4.91. The predicted octanol–water partition coefficient (Wildman–Crippen LogP) is 3.27. The zero-order valence-electron chi connectivity index (χ0n) is 16.3. The number of phenols is 1. The van der Waals surface area contributed by atoms with E-state index >= 15 is 0 Å². The molecule has 5 unspecified atom stereocenters. The Labute approximate surface area is 174 Å². The Morgan fingerprint density at radius 3 is 2.20 bits per heavy atom. The smallest absolute Gasteiger partial charge is 0.234 e. The summed E-state index contributed by atoms with van der Waals surface area (Å²) in [5.41, 5.74) is 1.04. The van der Waals surface area contributed by atoms with Crippen LogP contribution in [0.25, 0.3) is 0 Å². The first kappa shape index (κ1) is 18.6. The molecule has 2 N–H and O–H groups in total. The molecule has 1 aliphatic heterocycles. The lowest BCUT2D eigenvalue weighted by atomic mass is 9.85. The molecule has 30 heavy (non-hydrogen) atoms. The normalized spacial score (nSPS) is 27.4. The zero-order chi connectivity index (χ0) is 20.8. The Kier molecular flexibility index (Phi) is 4.42. The number of imide groups is 1. The van der Waals surface area contributed by atoms with Gasteiger partial charge in [-0.15, -0.1) is 0 Å². The van der Waals surface area contributed by atoms with Gasteiger partial charge in [-0.1, -0.05) is 54.6 Å². The molecular formula is C24H22N2O4. The number of likely N-dealkylation sites (tertiary alicyclic amines) is 1. The van der Waals surface area contributed by atoms with Gasteiger partial charge in [0.15, 0.2) is 0 Å². The second-order valence-corrected chi connectivity index (χ2v) is 8.24. The number of benzene rings is 2. The molecule has 0 radical (unpaired) electrons. The number of aromatic hydroxyl groups is 1. The van der Waals surface area contributed by atoms with E-state index in [1.807, 2.05) is 30.3 Å². The molecule has 2 aliphatic carbocycles. The molecule has 2 aromatic carbocycles. The van der Waals surface area contributed by atoms with Crippen molar-refractivity contribution >= 4 is 23.4 Å². The van der Waals surface area contributed by atoms with Gasteiger partial charge in [0.25, 0.3) is 0 Å². The zero-order valence-corrected chi connectivity index (χ0v) is 16.3. The molecule has 2 bridgehead atoms. The first-order valence-corrected chi connectivity index (χ1v) is 10.2. The minimum absolute atomic E-state index is 0.0346. The van der Waals surface area contributed by atoms with Crippen molar-refractivity contribution in [2.75, 3.05) is 5.32 Å². The second-order valence-electron chi connectivity index (χ2n) is 8.24. The van der Waals surface area contributed by atoms with Crippen LogP contribution >= 0.6 is 0 Å². The average Bonchev–Trinajstić information content (AvgIpc) is 3.43. The molecule has 3 amide bonds. The van der Waals surface area contributed by atoms with Crippen LogP contribution in [-0.2, 0) is 14.4 Å². The third kappa shape index (κ3) is 2.91. The highest BCUT2D eigenvalue weighted by Crippen LogP contribution is 2.54. The maximum absolute atomic E-state index is 13.3. The van der Waals surface area contributed by atoms with Gasteiger partial charge in [-0.05, 0) is 36.0 Å². The number of anilines is 1. The molecule has 6 nitrogen and oxygen atoms in total. The number of amides is 3. The van der Waals surface area contributed by atoms with Crippen LogP contribution in [0.3, 0.4) is 0 Å². The van der Waals surface area contributed by atoms with Crippen molar-refractivity contribution in [1.29, 1.82) is 0 Å². The highest BCUT2D eigenvalue weighted by Gasteiger charge is 2.60. The molecule has 2 fully saturated rings. The summed E-state index contributed by atoms with van der Waals surface area (Å²) >= 11 is 0. The molecule has 1 saturated carbocycles. The van der Waals surface area contributed by atoms with E-state index in [9.17, 15) is 19.5 Å². The maximum atomic E-state index is 13.3. The SMILES string of the molecule is O=C(CC(c1ccccc1)N1C(=O)C2C3C=CC(C3)C2C1=O)Nc1ccccc1O. The van der Waals surface area contributed by atoms with Gasteiger partial charge >= 0.3 is 0 Å². The van der Waals surface area contributed by atoms with Gasteiger partial charge in [0.1, 0.15) is 5.75 Å². The van der Waals surface area contributed by atoms with E-state index in [4.69, 9.17) is 0 Å². The lowest BCUT2D eigenvalue weighted by Gasteiger charge is -2.28. The van der Waals surface area contributed by atoms with Gasteiger partial charge in [0.2, 0.25) is 17.7 Å². The number of nitrogens with zero attached hydrogens (tertiary/aromatic N) is 1. The Bertz CT molecular complexity index is 1020. The quantitative estimate of drug-likeness (QED) is 0.457. The summed E-state index contributed by atoms with van der Waals surface area (Å²) in [4.78, 5) is 40.7. The fourth-order valence-corrected chi connectivity index (χ4v) is 5.22. The summed E-state index contributed by atoms with van der Waals surface area (Å²) in [6.45, 7) is 0. The van der Waals surface area contributed by atoms with Crippen molar-refractivity contribution < 1.29 is 19.5 Å². The maximum Gasteiger partial charge on any atom is 0.234 e. The lowest BCUT2D eigenvalue weighted by molar-refractivity contribution is -0.144. The minimum Gasteiger partial charge on any atom is -0.506 e. The van der Waals surface area contributed by atoms with E-state index in [0.717, 1.165) is 12.0 Å². The minimum atomic E-state index is -0.679. The summed E-state index contributed by atoms with van der Waals surface area (Å²) < 4.78 is 0. The molecular weight excluding hydrogens is 380 g/mol. The van der Waals surface area contributed by atoms with Crippen molar-refractivity contribution in [1.82, 2.24) is 4.90 Å². The molecule has 2 aromatic rings. The van der Waals surface area contributed by atoms with E-state index in [2.05, 4.69) is 17.5 Å². The van der Waals surface area contributed by atoms with E-state index in [1.54, 1.807) is 18.2 Å². The second kappa shape index (κ2) is 7.13. The average molecular weight is 402 g/mol. The number of hydrogen-bond donors (Lipinski definition) is 2. The van der Waals surface area contributed by atoms with Crippen LogP contribution in [0.5, 0.6) is 5.75 Å². The topological polar surface area (TPSA) is 86.7 Å². The number of nitrogens with one attached hydrogen (secondary N) is 1. The molecule has 3 aliphatic rings. The van der Waals surface area contributed by atoms with Gasteiger partial charge in [0.05, 0.1) is 30.0 Å². The number of phenolic OH excluding ortho intramolecular Hbond substituents is 1. The number of fused-ring (bicyclic) bond motifs is 5. The van der Waals surface area contributed by atoms with Crippen LogP contribution in [0.4, 0.5) is 5.69 Å². The van der Waals surface area contributed by atoms with Crippen molar-refractivity contribution in [3.8, 4) is 5.75 Å². The predicted molar refractivity (Wildman–Crippen MR) is 110 cm³/mol. The van der Waals surface area contributed by atoms with E-state index in [0.29, 0.717) is 5.69 Å². The summed E-state index contributed by atoms with van der Waals surface area (Å²) in [6, 6.07) is 15.0. The number of rotatable bonds is 5. The summed E-state index contributed by atoms with van der Waals surface area (Å²) in [5, 5.41) is 12.6. The molecule has 6 heteroatoms. The number of allylic oxidation sites excluding steroid dienone is 2. The molecule has 0 spiro atoms. The van der Waals surface area contributed by atoms with Crippen molar-refractivity contribution in [3.63, 3.8) is 0 Å². The third-order valence-corrected chi connectivity index (χ3v) is 6.56. The summed E-state index contributed by atoms with van der Waals surface area (Å²) in [5.74, 6) is -1.13. The Morgan fingerprint density at radius 1 is 0.967 bits per heavy atom. The highest BCUT2D eigenvalue weighted by atomic mass is 16.3. The number of para-hydroxylation sites is 2. The lowest BCUT2D eigenvalue weighted by Crippen LogP contribution is -2.38. The van der Waals surface area contributed by atoms with Crippen LogP contribution in [0.2, 0.25) is 0 Å². The first-order chi connectivity index (χ1) is 14.5. The van der Waals surface area contributed by atoms with Crippen LogP contribution in [0.15, 0.2) is 66.7 Å². The van der Waals surface area contributed by atoms with Crippen LogP contribution < -0.4 is 5.32 Å². The van der Waals surface area contributed by atoms with E-state index < -0.39 is 6.04 Å². The molecule has 152 valence electrons. The van der Waals surface area contributed by atoms with Crippen LogP contribution in [-0.4, -0.2) is 27.7 Å². The molecule has 0 aromatic heterocycles. The Balaban J connectivity index is 1.44. The van der Waals surface area contributed by atoms with Crippen LogP contribution in [0.1, 0.15) is 24.4 Å². The van der Waals surface area contributed by atoms with Gasteiger partial charge in [0, 0.05) is 0 Å². The fraction of sp³-hybridized carbons (Fsp3) is 0.292. The number of carbonyl (C=O) groups is 3. The summed E-state index contributed by atoms with van der Waals surface area (Å²) in [7, 11) is 0. The standard InChI is InChI=1S/C24H22N2O4/c27-19-9-5-4-8-17(19)25-20(28)13-18(14-6-2-1-3-7-14)26-23(29)21-15-10-11-16(12-15)22(21)24(26)30/h1-11,15-16,18,21-22,27H,12-13H2,(H,25,28).